The number of hydrogen-bond donors (Lipinski definition) is 2. The van der Waals surface area contributed by atoms with Crippen molar-refractivity contribution >= 4 is 11.5 Å². The SMILES string of the molecule is CC(C)(CN)CNc1cccc2nccn12. The summed E-state index contributed by atoms with van der Waals surface area (Å²) in [5.41, 5.74) is 6.76. The van der Waals surface area contributed by atoms with Crippen molar-refractivity contribution in [3.63, 3.8) is 0 Å². The van der Waals surface area contributed by atoms with Crippen LogP contribution in [0.4, 0.5) is 5.82 Å². The fourth-order valence-corrected chi connectivity index (χ4v) is 1.49. The Hall–Kier alpha value is -1.55. The van der Waals surface area contributed by atoms with E-state index in [9.17, 15) is 0 Å². The first-order valence-electron chi connectivity index (χ1n) is 5.48. The van der Waals surface area contributed by atoms with Gasteiger partial charge in [0, 0.05) is 18.9 Å². The van der Waals surface area contributed by atoms with Crippen LogP contribution in [-0.4, -0.2) is 22.5 Å². The monoisotopic (exact) mass is 218 g/mol. The van der Waals surface area contributed by atoms with Crippen LogP contribution in [0.25, 0.3) is 5.65 Å². The summed E-state index contributed by atoms with van der Waals surface area (Å²) in [6.07, 6.45) is 3.75. The van der Waals surface area contributed by atoms with Crippen LogP contribution in [-0.2, 0) is 0 Å². The lowest BCUT2D eigenvalue weighted by Crippen LogP contribution is -2.31. The van der Waals surface area contributed by atoms with Crippen molar-refractivity contribution in [2.45, 2.75) is 13.8 Å². The van der Waals surface area contributed by atoms with E-state index in [0.717, 1.165) is 18.0 Å². The van der Waals surface area contributed by atoms with E-state index in [4.69, 9.17) is 5.73 Å². The van der Waals surface area contributed by atoms with Crippen LogP contribution in [0.5, 0.6) is 0 Å². The van der Waals surface area contributed by atoms with Crippen LogP contribution in [0.15, 0.2) is 30.6 Å². The van der Waals surface area contributed by atoms with Crippen molar-refractivity contribution in [2.75, 3.05) is 18.4 Å². The summed E-state index contributed by atoms with van der Waals surface area (Å²) < 4.78 is 2.03. The van der Waals surface area contributed by atoms with Gasteiger partial charge in [-0.1, -0.05) is 19.9 Å². The third-order valence-corrected chi connectivity index (χ3v) is 2.73. The van der Waals surface area contributed by atoms with E-state index in [1.807, 2.05) is 28.8 Å². The number of anilines is 1. The topological polar surface area (TPSA) is 55.3 Å². The van der Waals surface area contributed by atoms with Gasteiger partial charge in [0.05, 0.1) is 0 Å². The fourth-order valence-electron chi connectivity index (χ4n) is 1.49. The van der Waals surface area contributed by atoms with Gasteiger partial charge in [0.25, 0.3) is 0 Å². The molecule has 0 aromatic carbocycles. The smallest absolute Gasteiger partial charge is 0.138 e. The molecule has 2 rings (SSSR count). The van der Waals surface area contributed by atoms with E-state index in [-0.39, 0.29) is 5.41 Å². The lowest BCUT2D eigenvalue weighted by molar-refractivity contribution is 0.405. The minimum atomic E-state index is 0.0999. The van der Waals surface area contributed by atoms with Gasteiger partial charge < -0.3 is 11.1 Å². The first-order valence-corrected chi connectivity index (χ1v) is 5.48. The molecule has 0 spiro atoms. The van der Waals surface area contributed by atoms with Crippen molar-refractivity contribution in [1.82, 2.24) is 9.38 Å². The number of nitrogens with zero attached hydrogens (tertiary/aromatic N) is 2. The van der Waals surface area contributed by atoms with Gasteiger partial charge in [-0.15, -0.1) is 0 Å². The number of imidazole rings is 1. The Morgan fingerprint density at radius 2 is 2.25 bits per heavy atom. The molecule has 0 fully saturated rings. The Bertz CT molecular complexity index is 473. The van der Waals surface area contributed by atoms with Crippen LogP contribution >= 0.6 is 0 Å². The molecule has 86 valence electrons. The number of hydrogen-bond acceptors (Lipinski definition) is 3. The van der Waals surface area contributed by atoms with Gasteiger partial charge in [0.15, 0.2) is 0 Å². The van der Waals surface area contributed by atoms with Crippen LogP contribution in [0, 0.1) is 5.41 Å². The third-order valence-electron chi connectivity index (χ3n) is 2.73. The molecule has 2 aromatic heterocycles. The highest BCUT2D eigenvalue weighted by molar-refractivity contribution is 5.49. The predicted molar refractivity (Wildman–Crippen MR) is 66.5 cm³/mol. The Labute approximate surface area is 95.5 Å². The van der Waals surface area contributed by atoms with E-state index in [1.54, 1.807) is 6.20 Å². The lowest BCUT2D eigenvalue weighted by Gasteiger charge is -2.23. The Kier molecular flexibility index (Phi) is 2.83. The average molecular weight is 218 g/mol. The number of pyridine rings is 1. The van der Waals surface area contributed by atoms with Gasteiger partial charge in [-0.2, -0.15) is 0 Å². The normalized spacial score (nSPS) is 11.9. The summed E-state index contributed by atoms with van der Waals surface area (Å²) in [5.74, 6) is 1.05. The first kappa shape index (κ1) is 11.0. The van der Waals surface area contributed by atoms with Gasteiger partial charge in [0.1, 0.15) is 11.5 Å². The average Bonchev–Trinajstić information content (AvgIpc) is 2.75. The molecule has 0 saturated carbocycles. The first-order chi connectivity index (χ1) is 7.62. The lowest BCUT2D eigenvalue weighted by atomic mass is 9.94. The van der Waals surface area contributed by atoms with Crippen molar-refractivity contribution in [3.8, 4) is 0 Å². The summed E-state index contributed by atoms with van der Waals surface area (Å²) in [6.45, 7) is 5.81. The zero-order valence-corrected chi connectivity index (χ0v) is 9.77. The number of nitrogens with one attached hydrogen (secondary N) is 1. The number of fused-ring (bicyclic) bond motifs is 1. The quantitative estimate of drug-likeness (QED) is 0.821. The largest absolute Gasteiger partial charge is 0.371 e. The maximum atomic E-state index is 5.70. The molecule has 0 bridgehead atoms. The molecular weight excluding hydrogens is 200 g/mol. The van der Waals surface area contributed by atoms with Crippen LogP contribution < -0.4 is 11.1 Å². The Morgan fingerprint density at radius 1 is 1.44 bits per heavy atom. The molecule has 0 unspecified atom stereocenters. The summed E-state index contributed by atoms with van der Waals surface area (Å²) >= 11 is 0. The number of aromatic nitrogens is 2. The predicted octanol–water partition coefficient (Wildman–Crippen LogP) is 1.73. The molecule has 4 heteroatoms. The number of nitrogens with two attached hydrogens (primary N) is 1. The van der Waals surface area contributed by atoms with E-state index in [2.05, 4.69) is 24.1 Å². The molecule has 0 amide bonds. The summed E-state index contributed by atoms with van der Waals surface area (Å²) in [4.78, 5) is 4.24. The molecule has 4 nitrogen and oxygen atoms in total. The van der Waals surface area contributed by atoms with Gasteiger partial charge in [0.2, 0.25) is 0 Å². The highest BCUT2D eigenvalue weighted by Crippen LogP contribution is 2.16. The van der Waals surface area contributed by atoms with Gasteiger partial charge in [-0.3, -0.25) is 4.40 Å². The molecule has 2 heterocycles. The van der Waals surface area contributed by atoms with Gasteiger partial charge in [-0.05, 0) is 24.1 Å². The molecule has 3 N–H and O–H groups in total. The second-order valence-corrected chi connectivity index (χ2v) is 4.79. The molecular formula is C12H18N4. The molecule has 0 aliphatic carbocycles. The van der Waals surface area contributed by atoms with Crippen molar-refractivity contribution in [2.24, 2.45) is 11.1 Å². The molecule has 0 aliphatic rings. The highest BCUT2D eigenvalue weighted by atomic mass is 15.1. The second kappa shape index (κ2) is 4.14. The molecule has 0 radical (unpaired) electrons. The molecule has 0 aliphatic heterocycles. The zero-order valence-electron chi connectivity index (χ0n) is 9.77. The Balaban J connectivity index is 2.18. The maximum Gasteiger partial charge on any atom is 0.138 e. The number of rotatable bonds is 4. The molecule has 2 aromatic rings. The van der Waals surface area contributed by atoms with E-state index in [1.165, 1.54) is 0 Å². The van der Waals surface area contributed by atoms with E-state index >= 15 is 0 Å². The van der Waals surface area contributed by atoms with Crippen LogP contribution in [0.2, 0.25) is 0 Å². The van der Waals surface area contributed by atoms with Crippen molar-refractivity contribution in [3.05, 3.63) is 30.6 Å². The second-order valence-electron chi connectivity index (χ2n) is 4.79. The fraction of sp³-hybridized carbons (Fsp3) is 0.417. The van der Waals surface area contributed by atoms with Crippen LogP contribution in [0.3, 0.4) is 0 Å². The van der Waals surface area contributed by atoms with Gasteiger partial charge in [-0.25, -0.2) is 4.98 Å². The van der Waals surface area contributed by atoms with E-state index in [0.29, 0.717) is 6.54 Å². The molecule has 16 heavy (non-hydrogen) atoms. The summed E-state index contributed by atoms with van der Waals surface area (Å²) in [7, 11) is 0. The van der Waals surface area contributed by atoms with Crippen molar-refractivity contribution < 1.29 is 0 Å². The van der Waals surface area contributed by atoms with Crippen molar-refractivity contribution in [1.29, 1.82) is 0 Å². The summed E-state index contributed by atoms with van der Waals surface area (Å²) in [6, 6.07) is 6.03. The third kappa shape index (κ3) is 2.17. The summed E-state index contributed by atoms with van der Waals surface area (Å²) in [5, 5.41) is 3.41. The molecule has 0 atom stereocenters. The minimum absolute atomic E-state index is 0.0999. The maximum absolute atomic E-state index is 5.70. The zero-order chi connectivity index (χ0) is 11.6. The van der Waals surface area contributed by atoms with E-state index < -0.39 is 0 Å². The standard InChI is InChI=1S/C12H18N4/c1-12(2,8-13)9-15-11-5-3-4-10-14-6-7-16(10)11/h3-7,15H,8-9,13H2,1-2H3. The minimum Gasteiger partial charge on any atom is -0.371 e. The molecule has 0 saturated heterocycles. The highest BCUT2D eigenvalue weighted by Gasteiger charge is 2.15. The Morgan fingerprint density at radius 3 is 3.00 bits per heavy atom. The van der Waals surface area contributed by atoms with Gasteiger partial charge >= 0.3 is 0 Å². The van der Waals surface area contributed by atoms with Crippen LogP contribution in [0.1, 0.15) is 13.8 Å².